The van der Waals surface area contributed by atoms with Crippen LogP contribution in [0.25, 0.3) is 10.9 Å². The Morgan fingerprint density at radius 3 is 2.60 bits per heavy atom. The summed E-state index contributed by atoms with van der Waals surface area (Å²) >= 11 is 0. The average molecular weight is 337 g/mol. The molecule has 5 nitrogen and oxygen atoms in total. The summed E-state index contributed by atoms with van der Waals surface area (Å²) in [6, 6.07) is 13.7. The Labute approximate surface area is 147 Å². The molecule has 5 heteroatoms. The van der Waals surface area contributed by atoms with Gasteiger partial charge in [0.05, 0.1) is 17.8 Å². The van der Waals surface area contributed by atoms with Gasteiger partial charge in [0.1, 0.15) is 0 Å². The molecule has 1 aromatic heterocycles. The van der Waals surface area contributed by atoms with E-state index in [0.717, 1.165) is 34.4 Å². The van der Waals surface area contributed by atoms with Crippen LogP contribution in [0.5, 0.6) is 0 Å². The minimum atomic E-state index is -0.249. The van der Waals surface area contributed by atoms with E-state index >= 15 is 0 Å². The number of benzene rings is 2. The van der Waals surface area contributed by atoms with Crippen LogP contribution >= 0.6 is 0 Å². The number of aryl methyl sites for hydroxylation is 2. The first kappa shape index (κ1) is 17.0. The first-order valence-electron chi connectivity index (χ1n) is 8.30. The summed E-state index contributed by atoms with van der Waals surface area (Å²) in [5.41, 5.74) is 4.88. The highest BCUT2D eigenvalue weighted by atomic mass is 16.5. The smallest absolute Gasteiger partial charge is 0.323 e. The number of hydrogen-bond donors (Lipinski definition) is 2. The van der Waals surface area contributed by atoms with E-state index in [4.69, 9.17) is 4.74 Å². The number of amides is 2. The van der Waals surface area contributed by atoms with E-state index in [1.807, 2.05) is 62.5 Å². The van der Waals surface area contributed by atoms with Gasteiger partial charge in [-0.25, -0.2) is 4.79 Å². The maximum atomic E-state index is 12.4. The Hall–Kier alpha value is -2.79. The highest BCUT2D eigenvalue weighted by Crippen LogP contribution is 2.26. The quantitative estimate of drug-likeness (QED) is 0.718. The number of hydrogen-bond acceptors (Lipinski definition) is 2. The van der Waals surface area contributed by atoms with Crippen LogP contribution < -0.4 is 10.6 Å². The lowest BCUT2D eigenvalue weighted by molar-refractivity contribution is 0.188. The predicted molar refractivity (Wildman–Crippen MR) is 102 cm³/mol. The van der Waals surface area contributed by atoms with Gasteiger partial charge in [0.25, 0.3) is 0 Å². The molecule has 0 radical (unpaired) electrons. The van der Waals surface area contributed by atoms with Crippen molar-refractivity contribution in [2.45, 2.75) is 20.4 Å². The number of nitrogens with zero attached hydrogens (tertiary/aromatic N) is 1. The van der Waals surface area contributed by atoms with Crippen molar-refractivity contribution in [2.75, 3.05) is 24.4 Å². The number of urea groups is 1. The monoisotopic (exact) mass is 337 g/mol. The molecule has 0 aliphatic carbocycles. The van der Waals surface area contributed by atoms with Crippen LogP contribution in [0.1, 0.15) is 11.1 Å². The minimum absolute atomic E-state index is 0.249. The van der Waals surface area contributed by atoms with Crippen LogP contribution in [0, 0.1) is 13.8 Å². The van der Waals surface area contributed by atoms with Gasteiger partial charge in [-0.3, -0.25) is 0 Å². The molecule has 0 saturated carbocycles. The van der Waals surface area contributed by atoms with Gasteiger partial charge in [-0.15, -0.1) is 0 Å². The first-order valence-corrected chi connectivity index (χ1v) is 8.30. The molecule has 1 heterocycles. The number of anilines is 2. The van der Waals surface area contributed by atoms with E-state index in [-0.39, 0.29) is 6.03 Å². The molecule has 2 amide bonds. The highest BCUT2D eigenvalue weighted by Gasteiger charge is 2.11. The Kier molecular flexibility index (Phi) is 5.05. The molecule has 0 atom stereocenters. The van der Waals surface area contributed by atoms with Crippen molar-refractivity contribution in [1.29, 1.82) is 0 Å². The third kappa shape index (κ3) is 3.83. The zero-order valence-corrected chi connectivity index (χ0v) is 14.8. The molecule has 0 fully saturated rings. The molecule has 0 aliphatic rings. The fraction of sp³-hybridized carbons (Fsp3) is 0.250. The van der Waals surface area contributed by atoms with E-state index < -0.39 is 0 Å². The molecule has 0 saturated heterocycles. The van der Waals surface area contributed by atoms with Crippen molar-refractivity contribution in [2.24, 2.45) is 0 Å². The fourth-order valence-electron chi connectivity index (χ4n) is 2.95. The lowest BCUT2D eigenvalue weighted by Crippen LogP contribution is -2.19. The summed E-state index contributed by atoms with van der Waals surface area (Å²) in [6.07, 6.45) is 1.95. The van der Waals surface area contributed by atoms with E-state index in [1.54, 1.807) is 7.11 Å². The molecule has 0 bridgehead atoms. The van der Waals surface area contributed by atoms with Gasteiger partial charge in [-0.05, 0) is 31.5 Å². The van der Waals surface area contributed by atoms with Gasteiger partial charge in [0.2, 0.25) is 0 Å². The number of ether oxygens (including phenoxy) is 1. The Morgan fingerprint density at radius 1 is 1.08 bits per heavy atom. The lowest BCUT2D eigenvalue weighted by atomic mass is 10.1. The van der Waals surface area contributed by atoms with Crippen LogP contribution in [0.3, 0.4) is 0 Å². The summed E-state index contributed by atoms with van der Waals surface area (Å²) in [5, 5.41) is 6.89. The third-order valence-electron chi connectivity index (χ3n) is 4.20. The number of nitrogens with one attached hydrogen (secondary N) is 2. The van der Waals surface area contributed by atoms with Gasteiger partial charge >= 0.3 is 6.03 Å². The molecule has 2 N–H and O–H groups in total. The normalized spacial score (nSPS) is 10.8. The van der Waals surface area contributed by atoms with Crippen molar-refractivity contribution >= 4 is 28.3 Å². The van der Waals surface area contributed by atoms with Crippen LogP contribution in [-0.4, -0.2) is 24.3 Å². The molecular weight excluding hydrogens is 314 g/mol. The van der Waals surface area contributed by atoms with Crippen molar-refractivity contribution in [3.05, 3.63) is 59.8 Å². The summed E-state index contributed by atoms with van der Waals surface area (Å²) in [6.45, 7) is 5.37. The largest absolute Gasteiger partial charge is 0.383 e. The van der Waals surface area contributed by atoms with Gasteiger partial charge < -0.3 is 19.9 Å². The molecular formula is C20H23N3O2. The second-order valence-electron chi connectivity index (χ2n) is 6.14. The lowest BCUT2D eigenvalue weighted by Gasteiger charge is -2.10. The summed E-state index contributed by atoms with van der Waals surface area (Å²) in [7, 11) is 1.68. The van der Waals surface area contributed by atoms with E-state index in [2.05, 4.69) is 15.2 Å². The fourth-order valence-corrected chi connectivity index (χ4v) is 2.95. The van der Waals surface area contributed by atoms with E-state index in [1.165, 1.54) is 5.56 Å². The molecule has 0 spiro atoms. The molecule has 2 aromatic carbocycles. The molecule has 3 aromatic rings. The van der Waals surface area contributed by atoms with E-state index in [9.17, 15) is 4.79 Å². The molecule has 130 valence electrons. The standard InChI is InChI=1S/C20H23N3O2/c1-14-8-9-17(15(2)12-14)21-20(24)22-18-13-23(10-11-25-3)19-7-5-4-6-16(18)19/h4-9,12-13H,10-11H2,1-3H3,(H2,21,22,24). The number of rotatable bonds is 5. The second-order valence-corrected chi connectivity index (χ2v) is 6.14. The SMILES string of the molecule is COCCn1cc(NC(=O)Nc2ccc(C)cc2C)c2ccccc21. The molecule has 3 rings (SSSR count). The second kappa shape index (κ2) is 7.40. The number of carbonyl (C=O) groups excluding carboxylic acids is 1. The maximum Gasteiger partial charge on any atom is 0.323 e. The first-order chi connectivity index (χ1) is 12.1. The number of methoxy groups -OCH3 is 1. The van der Waals surface area contributed by atoms with Gasteiger partial charge in [0.15, 0.2) is 0 Å². The van der Waals surface area contributed by atoms with Crippen molar-refractivity contribution in [3.8, 4) is 0 Å². The predicted octanol–water partition coefficient (Wildman–Crippen LogP) is 4.55. The minimum Gasteiger partial charge on any atom is -0.383 e. The Morgan fingerprint density at radius 2 is 1.84 bits per heavy atom. The average Bonchev–Trinajstić information content (AvgIpc) is 2.93. The zero-order chi connectivity index (χ0) is 17.8. The van der Waals surface area contributed by atoms with E-state index in [0.29, 0.717) is 6.61 Å². The van der Waals surface area contributed by atoms with Crippen molar-refractivity contribution in [3.63, 3.8) is 0 Å². The third-order valence-corrected chi connectivity index (χ3v) is 4.20. The van der Waals surface area contributed by atoms with Crippen LogP contribution in [-0.2, 0) is 11.3 Å². The topological polar surface area (TPSA) is 55.3 Å². The summed E-state index contributed by atoms with van der Waals surface area (Å²) in [5.74, 6) is 0. The van der Waals surface area contributed by atoms with Gasteiger partial charge in [0, 0.05) is 30.9 Å². The zero-order valence-electron chi connectivity index (χ0n) is 14.8. The number of carbonyl (C=O) groups is 1. The highest BCUT2D eigenvalue weighted by molar-refractivity contribution is 6.06. The number of aromatic nitrogens is 1. The summed E-state index contributed by atoms with van der Waals surface area (Å²) < 4.78 is 7.26. The van der Waals surface area contributed by atoms with Crippen molar-refractivity contribution in [1.82, 2.24) is 4.57 Å². The Balaban J connectivity index is 1.81. The molecule has 25 heavy (non-hydrogen) atoms. The van der Waals surface area contributed by atoms with Crippen LogP contribution in [0.4, 0.5) is 16.2 Å². The number of para-hydroxylation sites is 1. The molecule has 0 unspecified atom stereocenters. The van der Waals surface area contributed by atoms with Crippen molar-refractivity contribution < 1.29 is 9.53 Å². The van der Waals surface area contributed by atoms with Gasteiger partial charge in [-0.2, -0.15) is 0 Å². The number of fused-ring (bicyclic) bond motifs is 1. The van der Waals surface area contributed by atoms with Crippen LogP contribution in [0.15, 0.2) is 48.7 Å². The van der Waals surface area contributed by atoms with Crippen LogP contribution in [0.2, 0.25) is 0 Å². The summed E-state index contributed by atoms with van der Waals surface area (Å²) in [4.78, 5) is 12.4. The van der Waals surface area contributed by atoms with Gasteiger partial charge in [-0.1, -0.05) is 35.9 Å². The Bertz CT molecular complexity index is 899. The maximum absolute atomic E-state index is 12.4. The molecule has 0 aliphatic heterocycles.